The summed E-state index contributed by atoms with van der Waals surface area (Å²) < 4.78 is 7.17. The van der Waals surface area contributed by atoms with Crippen LogP contribution < -0.4 is 20.7 Å². The number of aromatic nitrogens is 2. The Morgan fingerprint density at radius 2 is 1.91 bits per heavy atom. The van der Waals surface area contributed by atoms with E-state index in [-0.39, 0.29) is 0 Å². The highest BCUT2D eigenvalue weighted by molar-refractivity contribution is 5.81. The van der Waals surface area contributed by atoms with Crippen molar-refractivity contribution in [2.45, 2.75) is 0 Å². The number of aryl methyl sites for hydroxylation is 1. The summed E-state index contributed by atoms with van der Waals surface area (Å²) in [5.41, 5.74) is 9.74. The zero-order valence-electron chi connectivity index (χ0n) is 13.9. The van der Waals surface area contributed by atoms with Crippen LogP contribution in [-0.2, 0) is 7.05 Å². The summed E-state index contributed by atoms with van der Waals surface area (Å²) in [5, 5.41) is 7.62. The Morgan fingerprint density at radius 3 is 2.52 bits per heavy atom. The summed E-state index contributed by atoms with van der Waals surface area (Å²) in [6.45, 7) is 4.04. The van der Waals surface area contributed by atoms with Gasteiger partial charge < -0.3 is 25.6 Å². The van der Waals surface area contributed by atoms with Gasteiger partial charge in [-0.3, -0.25) is 4.68 Å². The minimum Gasteiger partial charge on any atom is -0.495 e. The molecule has 3 N–H and O–H groups in total. The Labute approximate surface area is 136 Å². The Morgan fingerprint density at radius 1 is 1.17 bits per heavy atom. The molecule has 0 spiro atoms. The Balaban J connectivity index is 1.94. The lowest BCUT2D eigenvalue weighted by Crippen LogP contribution is -2.44. The molecule has 1 fully saturated rings. The topological polar surface area (TPSA) is 71.6 Å². The van der Waals surface area contributed by atoms with Crippen molar-refractivity contribution >= 4 is 22.7 Å². The fourth-order valence-electron chi connectivity index (χ4n) is 2.81. The van der Waals surface area contributed by atoms with Crippen LogP contribution >= 0.6 is 0 Å². The molecule has 0 unspecified atom stereocenters. The van der Waals surface area contributed by atoms with E-state index in [9.17, 15) is 0 Å². The van der Waals surface area contributed by atoms with Crippen molar-refractivity contribution in [3.63, 3.8) is 0 Å². The van der Waals surface area contributed by atoms with E-state index in [0.717, 1.165) is 43.2 Å². The molecule has 1 aromatic heterocycles. The number of anilines is 4. The third-order valence-corrected chi connectivity index (χ3v) is 4.18. The van der Waals surface area contributed by atoms with E-state index in [1.54, 1.807) is 18.0 Å². The summed E-state index contributed by atoms with van der Waals surface area (Å²) in [7, 11) is 5.69. The molecule has 7 heteroatoms. The van der Waals surface area contributed by atoms with Crippen molar-refractivity contribution in [1.82, 2.24) is 14.7 Å². The molecule has 1 saturated heterocycles. The lowest BCUT2D eigenvalue weighted by atomic mass is 10.1. The van der Waals surface area contributed by atoms with Gasteiger partial charge in [0.05, 0.1) is 36.1 Å². The van der Waals surface area contributed by atoms with Crippen LogP contribution in [0.3, 0.4) is 0 Å². The first kappa shape index (κ1) is 15.5. The highest BCUT2D eigenvalue weighted by Gasteiger charge is 2.19. The predicted molar refractivity (Wildman–Crippen MR) is 93.6 cm³/mol. The van der Waals surface area contributed by atoms with Crippen LogP contribution in [0.25, 0.3) is 0 Å². The van der Waals surface area contributed by atoms with Crippen LogP contribution in [0.15, 0.2) is 24.5 Å². The number of hydrogen-bond acceptors (Lipinski definition) is 6. The quantitative estimate of drug-likeness (QED) is 0.833. The number of nitrogen functional groups attached to an aromatic ring is 1. The fraction of sp³-hybridized carbons (Fsp3) is 0.438. The highest BCUT2D eigenvalue weighted by Crippen LogP contribution is 2.37. The van der Waals surface area contributed by atoms with Gasteiger partial charge in [-0.1, -0.05) is 0 Å². The number of ether oxygens (including phenoxy) is 1. The molecular formula is C16H24N6O. The van der Waals surface area contributed by atoms with E-state index >= 15 is 0 Å². The molecule has 124 valence electrons. The van der Waals surface area contributed by atoms with Crippen LogP contribution in [0.1, 0.15) is 0 Å². The molecule has 0 saturated carbocycles. The summed E-state index contributed by atoms with van der Waals surface area (Å²) in [4.78, 5) is 4.69. The molecule has 1 aliphatic rings. The second kappa shape index (κ2) is 6.37. The molecule has 3 rings (SSSR count). The van der Waals surface area contributed by atoms with Gasteiger partial charge in [-0.05, 0) is 13.1 Å². The average molecular weight is 316 g/mol. The molecule has 0 amide bonds. The third-order valence-electron chi connectivity index (χ3n) is 4.18. The van der Waals surface area contributed by atoms with Crippen LogP contribution in [-0.4, -0.2) is 55.0 Å². The maximum atomic E-state index is 6.10. The minimum absolute atomic E-state index is 0.622. The van der Waals surface area contributed by atoms with Crippen LogP contribution in [0.2, 0.25) is 0 Å². The van der Waals surface area contributed by atoms with Crippen molar-refractivity contribution in [2.75, 3.05) is 56.3 Å². The van der Waals surface area contributed by atoms with E-state index in [1.807, 2.05) is 25.4 Å². The summed E-state index contributed by atoms with van der Waals surface area (Å²) >= 11 is 0. The second-order valence-electron chi connectivity index (χ2n) is 5.93. The van der Waals surface area contributed by atoms with E-state index in [2.05, 4.69) is 27.3 Å². The zero-order valence-corrected chi connectivity index (χ0v) is 13.9. The molecule has 0 radical (unpaired) electrons. The van der Waals surface area contributed by atoms with Crippen LogP contribution in [0.5, 0.6) is 5.75 Å². The van der Waals surface area contributed by atoms with Gasteiger partial charge in [0.15, 0.2) is 0 Å². The van der Waals surface area contributed by atoms with Gasteiger partial charge >= 0.3 is 0 Å². The maximum Gasteiger partial charge on any atom is 0.143 e. The van der Waals surface area contributed by atoms with Crippen molar-refractivity contribution in [1.29, 1.82) is 0 Å². The number of likely N-dealkylation sites (N-methyl/N-ethyl adjacent to an activating group) is 1. The zero-order chi connectivity index (χ0) is 16.4. The van der Waals surface area contributed by atoms with Gasteiger partial charge in [-0.25, -0.2) is 0 Å². The number of methoxy groups -OCH3 is 1. The number of nitrogens with zero attached hydrogens (tertiary/aromatic N) is 4. The first-order valence-electron chi connectivity index (χ1n) is 7.73. The van der Waals surface area contributed by atoms with Gasteiger partial charge in [0, 0.05) is 45.5 Å². The van der Waals surface area contributed by atoms with Crippen molar-refractivity contribution in [3.05, 3.63) is 24.5 Å². The third kappa shape index (κ3) is 3.34. The molecule has 2 heterocycles. The van der Waals surface area contributed by atoms with Crippen LogP contribution in [0, 0.1) is 0 Å². The number of piperazine rings is 1. The van der Waals surface area contributed by atoms with Crippen LogP contribution in [0.4, 0.5) is 22.7 Å². The number of benzene rings is 1. The average Bonchev–Trinajstić information content (AvgIpc) is 2.94. The summed E-state index contributed by atoms with van der Waals surface area (Å²) in [6, 6.07) is 3.94. The smallest absolute Gasteiger partial charge is 0.143 e. The Bertz CT molecular complexity index is 675. The summed E-state index contributed by atoms with van der Waals surface area (Å²) in [6.07, 6.45) is 3.74. The SMILES string of the molecule is COc1cc(N2CCN(C)CC2)c(Nc2cnn(C)c2)cc1N. The first-order valence-corrected chi connectivity index (χ1v) is 7.73. The molecule has 0 bridgehead atoms. The Kier molecular flexibility index (Phi) is 4.29. The maximum absolute atomic E-state index is 6.10. The lowest BCUT2D eigenvalue weighted by Gasteiger charge is -2.35. The number of nitrogens with two attached hydrogens (primary N) is 1. The molecule has 23 heavy (non-hydrogen) atoms. The lowest BCUT2D eigenvalue weighted by molar-refractivity contribution is 0.313. The molecular weight excluding hydrogens is 292 g/mol. The number of rotatable bonds is 4. The Hall–Kier alpha value is -2.41. The molecule has 0 atom stereocenters. The molecule has 0 aliphatic carbocycles. The first-order chi connectivity index (χ1) is 11.1. The normalized spacial score (nSPS) is 15.7. The van der Waals surface area contributed by atoms with Gasteiger partial charge in [-0.2, -0.15) is 5.10 Å². The summed E-state index contributed by atoms with van der Waals surface area (Å²) in [5.74, 6) is 0.704. The largest absolute Gasteiger partial charge is 0.495 e. The van der Waals surface area contributed by atoms with Gasteiger partial charge in [-0.15, -0.1) is 0 Å². The number of hydrogen-bond donors (Lipinski definition) is 2. The molecule has 2 aromatic rings. The van der Waals surface area contributed by atoms with E-state index in [1.165, 1.54) is 0 Å². The van der Waals surface area contributed by atoms with E-state index < -0.39 is 0 Å². The predicted octanol–water partition coefficient (Wildman–Crippen LogP) is 1.51. The van der Waals surface area contributed by atoms with Crippen molar-refractivity contribution in [3.8, 4) is 5.75 Å². The second-order valence-corrected chi connectivity index (χ2v) is 5.93. The molecule has 7 nitrogen and oxygen atoms in total. The van der Waals surface area contributed by atoms with Gasteiger partial charge in [0.2, 0.25) is 0 Å². The minimum atomic E-state index is 0.622. The van der Waals surface area contributed by atoms with Crippen molar-refractivity contribution < 1.29 is 4.74 Å². The molecule has 1 aliphatic heterocycles. The standard InChI is InChI=1S/C16H24N6O/c1-20-4-6-22(7-5-20)15-9-16(23-3)13(17)8-14(15)19-12-10-18-21(2)11-12/h8-11,19H,4-7,17H2,1-3H3. The van der Waals surface area contributed by atoms with Gasteiger partial charge in [0.1, 0.15) is 5.75 Å². The molecule has 1 aromatic carbocycles. The van der Waals surface area contributed by atoms with E-state index in [4.69, 9.17) is 10.5 Å². The van der Waals surface area contributed by atoms with Crippen molar-refractivity contribution in [2.24, 2.45) is 7.05 Å². The van der Waals surface area contributed by atoms with E-state index in [0.29, 0.717) is 11.4 Å². The van der Waals surface area contributed by atoms with Gasteiger partial charge in [0.25, 0.3) is 0 Å². The monoisotopic (exact) mass is 316 g/mol. The fourth-order valence-corrected chi connectivity index (χ4v) is 2.81. The number of nitrogens with one attached hydrogen (secondary N) is 1. The highest BCUT2D eigenvalue weighted by atomic mass is 16.5.